The highest BCUT2D eigenvalue weighted by Gasteiger charge is 2.14. The first kappa shape index (κ1) is 14.0. The van der Waals surface area contributed by atoms with Crippen LogP contribution in [0.15, 0.2) is 41.3 Å². The molecule has 100 valence electrons. The Bertz CT molecular complexity index is 645. The Morgan fingerprint density at radius 3 is 2.68 bits per heavy atom. The quantitative estimate of drug-likeness (QED) is 0.878. The number of para-hydroxylation sites is 1. The number of anilines is 1. The van der Waals surface area contributed by atoms with Gasteiger partial charge in [-0.2, -0.15) is 0 Å². The zero-order valence-corrected chi connectivity index (χ0v) is 11.9. The van der Waals surface area contributed by atoms with Crippen LogP contribution in [0.4, 0.5) is 10.1 Å². The summed E-state index contributed by atoms with van der Waals surface area (Å²) in [4.78, 5) is 0.527. The molecule has 2 aromatic carbocycles. The van der Waals surface area contributed by atoms with Crippen molar-refractivity contribution in [3.05, 3.63) is 58.4 Å². The van der Waals surface area contributed by atoms with Crippen molar-refractivity contribution >= 4 is 28.1 Å². The molecule has 0 aliphatic rings. The molecule has 0 saturated carbocycles. The van der Waals surface area contributed by atoms with E-state index in [9.17, 15) is 8.60 Å². The molecule has 5 heteroatoms. The minimum absolute atomic E-state index is 0.0340. The molecule has 0 saturated heterocycles. The number of hydrogen-bond acceptors (Lipinski definition) is 2. The topological polar surface area (TPSA) is 43.1 Å². The van der Waals surface area contributed by atoms with Crippen molar-refractivity contribution in [1.82, 2.24) is 0 Å². The molecule has 2 rings (SSSR count). The summed E-state index contributed by atoms with van der Waals surface area (Å²) in [6.45, 7) is 1.84. The van der Waals surface area contributed by atoms with Gasteiger partial charge in [0.2, 0.25) is 0 Å². The molecule has 0 aliphatic heterocycles. The van der Waals surface area contributed by atoms with E-state index >= 15 is 0 Å². The minimum atomic E-state index is -1.40. The van der Waals surface area contributed by atoms with Crippen molar-refractivity contribution in [2.45, 2.75) is 17.6 Å². The van der Waals surface area contributed by atoms with E-state index in [0.29, 0.717) is 16.1 Å². The Balaban J connectivity index is 2.31. The maximum atomic E-state index is 13.8. The molecule has 0 fully saturated rings. The van der Waals surface area contributed by atoms with Crippen LogP contribution in [0.2, 0.25) is 5.02 Å². The van der Waals surface area contributed by atoms with E-state index in [4.69, 9.17) is 17.3 Å². The van der Waals surface area contributed by atoms with E-state index in [1.807, 2.05) is 13.0 Å². The number of nitrogens with two attached hydrogens (primary N) is 1. The number of benzene rings is 2. The van der Waals surface area contributed by atoms with Gasteiger partial charge in [-0.3, -0.25) is 4.21 Å². The van der Waals surface area contributed by atoms with Crippen LogP contribution in [0.1, 0.15) is 11.1 Å². The predicted octanol–water partition coefficient (Wildman–Crippen LogP) is 3.68. The average molecular weight is 298 g/mol. The fraction of sp³-hybridized carbons (Fsp3) is 0.143. The monoisotopic (exact) mass is 297 g/mol. The molecule has 2 aromatic rings. The highest BCUT2D eigenvalue weighted by atomic mass is 35.5. The fourth-order valence-corrected chi connectivity index (χ4v) is 3.22. The molecule has 0 radical (unpaired) electrons. The van der Waals surface area contributed by atoms with Crippen molar-refractivity contribution in [3.63, 3.8) is 0 Å². The maximum absolute atomic E-state index is 13.8. The van der Waals surface area contributed by atoms with Crippen LogP contribution in [0.3, 0.4) is 0 Å². The molecule has 0 heterocycles. The molecule has 19 heavy (non-hydrogen) atoms. The van der Waals surface area contributed by atoms with Gasteiger partial charge in [-0.25, -0.2) is 4.39 Å². The maximum Gasteiger partial charge on any atom is 0.145 e. The third-order valence-electron chi connectivity index (χ3n) is 2.85. The summed E-state index contributed by atoms with van der Waals surface area (Å²) < 4.78 is 26.0. The van der Waals surface area contributed by atoms with Gasteiger partial charge in [0.1, 0.15) is 5.82 Å². The summed E-state index contributed by atoms with van der Waals surface area (Å²) >= 11 is 5.70. The van der Waals surface area contributed by atoms with Crippen LogP contribution in [0.25, 0.3) is 0 Å². The van der Waals surface area contributed by atoms with Gasteiger partial charge in [-0.1, -0.05) is 35.9 Å². The van der Waals surface area contributed by atoms with Gasteiger partial charge in [0.25, 0.3) is 0 Å². The number of rotatable bonds is 3. The van der Waals surface area contributed by atoms with Crippen LogP contribution >= 0.6 is 11.6 Å². The van der Waals surface area contributed by atoms with Crippen LogP contribution < -0.4 is 5.73 Å². The summed E-state index contributed by atoms with van der Waals surface area (Å²) in [5.41, 5.74) is 7.57. The number of aryl methyl sites for hydroxylation is 1. The molecule has 0 aliphatic carbocycles. The molecule has 0 bridgehead atoms. The van der Waals surface area contributed by atoms with Crippen molar-refractivity contribution in [1.29, 1.82) is 0 Å². The summed E-state index contributed by atoms with van der Waals surface area (Å²) in [6.07, 6.45) is 0. The minimum Gasteiger partial charge on any atom is -0.398 e. The van der Waals surface area contributed by atoms with Gasteiger partial charge in [0, 0.05) is 5.56 Å². The molecular weight excluding hydrogens is 285 g/mol. The lowest BCUT2D eigenvalue weighted by atomic mass is 10.2. The number of hydrogen-bond donors (Lipinski definition) is 1. The first-order valence-electron chi connectivity index (χ1n) is 5.67. The van der Waals surface area contributed by atoms with Crippen molar-refractivity contribution < 1.29 is 8.60 Å². The zero-order valence-electron chi connectivity index (χ0n) is 10.3. The van der Waals surface area contributed by atoms with Crippen LogP contribution in [0.5, 0.6) is 0 Å². The van der Waals surface area contributed by atoms with E-state index in [2.05, 4.69) is 0 Å². The Kier molecular flexibility index (Phi) is 4.22. The Labute approximate surface area is 118 Å². The lowest BCUT2D eigenvalue weighted by Crippen LogP contribution is -2.03. The van der Waals surface area contributed by atoms with Crippen LogP contribution in [-0.2, 0) is 16.6 Å². The SMILES string of the molecule is Cc1cccc(S(=O)Cc2cccc(Cl)c2F)c1N. The highest BCUT2D eigenvalue weighted by Crippen LogP contribution is 2.25. The van der Waals surface area contributed by atoms with Gasteiger partial charge >= 0.3 is 0 Å². The highest BCUT2D eigenvalue weighted by molar-refractivity contribution is 7.84. The first-order chi connectivity index (χ1) is 9.00. The van der Waals surface area contributed by atoms with Crippen LogP contribution in [0, 0.1) is 12.7 Å². The van der Waals surface area contributed by atoms with E-state index in [1.165, 1.54) is 6.07 Å². The second-order valence-corrected chi connectivity index (χ2v) is 6.02. The molecule has 2 N–H and O–H groups in total. The summed E-state index contributed by atoms with van der Waals surface area (Å²) in [6, 6.07) is 10.00. The molecule has 1 atom stereocenters. The fourth-order valence-electron chi connectivity index (χ4n) is 1.73. The lowest BCUT2D eigenvalue weighted by molar-refractivity contribution is 0.615. The van der Waals surface area contributed by atoms with E-state index in [-0.39, 0.29) is 10.8 Å². The molecule has 1 unspecified atom stereocenters. The first-order valence-corrected chi connectivity index (χ1v) is 7.36. The Hall–Kier alpha value is -1.39. The smallest absolute Gasteiger partial charge is 0.145 e. The number of halogens is 2. The molecular formula is C14H13ClFNOS. The van der Waals surface area contributed by atoms with Gasteiger partial charge in [-0.15, -0.1) is 0 Å². The van der Waals surface area contributed by atoms with Gasteiger partial charge < -0.3 is 5.73 Å². The van der Waals surface area contributed by atoms with Crippen LogP contribution in [-0.4, -0.2) is 4.21 Å². The number of nitrogen functional groups attached to an aromatic ring is 1. The molecule has 0 aromatic heterocycles. The molecule has 0 spiro atoms. The van der Waals surface area contributed by atoms with E-state index in [1.54, 1.807) is 24.3 Å². The van der Waals surface area contributed by atoms with E-state index in [0.717, 1.165) is 5.56 Å². The summed E-state index contributed by atoms with van der Waals surface area (Å²) in [7, 11) is -1.40. The third kappa shape index (κ3) is 2.96. The second-order valence-electron chi connectivity index (χ2n) is 4.19. The van der Waals surface area contributed by atoms with Crippen molar-refractivity contribution in [2.75, 3.05) is 5.73 Å². The Morgan fingerprint density at radius 2 is 1.95 bits per heavy atom. The average Bonchev–Trinajstić information content (AvgIpc) is 2.38. The standard InChI is InChI=1S/C14H13ClFNOS/c1-9-4-2-7-12(14(9)17)19(18)8-10-5-3-6-11(15)13(10)16/h2-7H,8,17H2,1H3. The summed E-state index contributed by atoms with van der Waals surface area (Å²) in [5, 5.41) is 0.0340. The van der Waals surface area contributed by atoms with Gasteiger partial charge in [0.15, 0.2) is 0 Å². The van der Waals surface area contributed by atoms with E-state index < -0.39 is 16.6 Å². The molecule has 2 nitrogen and oxygen atoms in total. The van der Waals surface area contributed by atoms with Crippen molar-refractivity contribution in [3.8, 4) is 0 Å². The Morgan fingerprint density at radius 1 is 1.26 bits per heavy atom. The molecule has 0 amide bonds. The lowest BCUT2D eigenvalue weighted by Gasteiger charge is -2.09. The van der Waals surface area contributed by atoms with Crippen molar-refractivity contribution in [2.24, 2.45) is 0 Å². The predicted molar refractivity (Wildman–Crippen MR) is 77.1 cm³/mol. The zero-order chi connectivity index (χ0) is 14.0. The van der Waals surface area contributed by atoms with Gasteiger partial charge in [0.05, 0.1) is 32.2 Å². The normalized spacial score (nSPS) is 12.4. The third-order valence-corrected chi connectivity index (χ3v) is 4.56. The van der Waals surface area contributed by atoms with Gasteiger partial charge in [-0.05, 0) is 24.6 Å². The summed E-state index contributed by atoms with van der Waals surface area (Å²) in [5.74, 6) is -0.469. The second kappa shape index (κ2) is 5.72. The largest absolute Gasteiger partial charge is 0.398 e.